The molecule has 0 bridgehead atoms. The molecule has 0 radical (unpaired) electrons. The van der Waals surface area contributed by atoms with Crippen LogP contribution in [0.4, 0.5) is 23.2 Å². The highest BCUT2D eigenvalue weighted by molar-refractivity contribution is 6.11. The van der Waals surface area contributed by atoms with E-state index < -0.39 is 35.2 Å². The first-order valence-electron chi connectivity index (χ1n) is 13.6. The summed E-state index contributed by atoms with van der Waals surface area (Å²) in [6, 6.07) is 12.8. The minimum atomic E-state index is -4.94. The minimum Gasteiger partial charge on any atom is -0.379 e. The van der Waals surface area contributed by atoms with Gasteiger partial charge in [0, 0.05) is 37.6 Å². The van der Waals surface area contributed by atoms with Crippen LogP contribution in [0.2, 0.25) is 0 Å². The number of rotatable bonds is 8. The number of carbonyl (C=O) groups excluding carboxylic acids is 2. The number of hydrogen-bond acceptors (Lipinski definition) is 7. The third kappa shape index (κ3) is 6.38. The van der Waals surface area contributed by atoms with Crippen LogP contribution in [-0.4, -0.2) is 70.9 Å². The number of ether oxygens (including phenoxy) is 1. The van der Waals surface area contributed by atoms with Crippen LogP contribution in [0.25, 0.3) is 10.9 Å². The number of nitrogens with two attached hydrogens (primary N) is 1. The monoisotopic (exact) mass is 609 g/mol. The van der Waals surface area contributed by atoms with Crippen LogP contribution >= 0.6 is 0 Å². The standard InChI is InChI=1S/C30H27F4N7O3/c1-18-26(27(30(32,33)34)38-41(18)17-20-4-2-19(16-35)3-5-20)40(9-8-39-10-12-44-13-11-39)29(43)25-15-23(28(36)42)22-7-6-21(31)14-24(22)37-25/h2-7,14-15H,8-13,17H2,1H3,(H2,36,42). The van der Waals surface area contributed by atoms with Gasteiger partial charge in [-0.2, -0.15) is 23.5 Å². The number of benzene rings is 2. The van der Waals surface area contributed by atoms with E-state index in [1.54, 1.807) is 24.3 Å². The lowest BCUT2D eigenvalue weighted by molar-refractivity contribution is -0.141. The van der Waals surface area contributed by atoms with Crippen LogP contribution in [-0.2, 0) is 17.5 Å². The molecule has 2 aromatic carbocycles. The molecule has 10 nitrogen and oxygen atoms in total. The van der Waals surface area contributed by atoms with Gasteiger partial charge in [-0.15, -0.1) is 0 Å². The van der Waals surface area contributed by atoms with Crippen LogP contribution in [0, 0.1) is 24.1 Å². The van der Waals surface area contributed by atoms with Crippen molar-refractivity contribution in [1.82, 2.24) is 19.7 Å². The smallest absolute Gasteiger partial charge is 0.379 e. The Bertz CT molecular complexity index is 1760. The number of nitriles is 1. The number of amides is 2. The lowest BCUT2D eigenvalue weighted by Gasteiger charge is -2.30. The SMILES string of the molecule is Cc1c(N(CCN2CCOCC2)C(=O)c2cc(C(N)=O)c3ccc(F)cc3n2)c(C(F)(F)F)nn1Cc1ccc(C#N)cc1. The Morgan fingerprint density at radius 2 is 1.82 bits per heavy atom. The number of nitrogens with zero attached hydrogens (tertiary/aromatic N) is 6. The molecule has 1 aliphatic heterocycles. The first-order chi connectivity index (χ1) is 21.0. The number of fused-ring (bicyclic) bond motifs is 1. The van der Waals surface area contributed by atoms with Gasteiger partial charge in [0.25, 0.3) is 5.91 Å². The topological polar surface area (TPSA) is 130 Å². The van der Waals surface area contributed by atoms with Crippen molar-refractivity contribution in [1.29, 1.82) is 5.26 Å². The van der Waals surface area contributed by atoms with Crippen molar-refractivity contribution in [2.24, 2.45) is 5.73 Å². The van der Waals surface area contributed by atoms with Gasteiger partial charge in [-0.25, -0.2) is 9.37 Å². The molecule has 0 aliphatic carbocycles. The van der Waals surface area contributed by atoms with Crippen molar-refractivity contribution in [2.45, 2.75) is 19.6 Å². The number of halogens is 4. The molecule has 1 saturated heterocycles. The van der Waals surface area contributed by atoms with Crippen LogP contribution in [0.1, 0.15) is 43.4 Å². The second kappa shape index (κ2) is 12.4. The normalized spacial score (nSPS) is 14.0. The van der Waals surface area contributed by atoms with Crippen molar-refractivity contribution in [3.8, 4) is 6.07 Å². The number of carbonyl (C=O) groups is 2. The number of aromatic nitrogens is 3. The number of hydrogen-bond donors (Lipinski definition) is 1. The lowest BCUT2D eigenvalue weighted by atomic mass is 10.1. The van der Waals surface area contributed by atoms with E-state index in [1.807, 2.05) is 11.0 Å². The molecule has 1 fully saturated rings. The molecular formula is C30H27F4N7O3. The molecule has 3 heterocycles. The third-order valence-corrected chi connectivity index (χ3v) is 7.37. The quantitative estimate of drug-likeness (QED) is 0.300. The molecule has 1 aliphatic rings. The van der Waals surface area contributed by atoms with Crippen molar-refractivity contribution in [3.05, 3.63) is 88.1 Å². The Kier molecular flexibility index (Phi) is 8.61. The summed E-state index contributed by atoms with van der Waals surface area (Å²) in [6.07, 6.45) is -4.94. The number of pyridine rings is 1. The number of primary amides is 1. The maximum Gasteiger partial charge on any atom is 0.437 e. The molecule has 228 valence electrons. The van der Waals surface area contributed by atoms with E-state index in [4.69, 9.17) is 15.7 Å². The number of morpholine rings is 1. The molecule has 0 atom stereocenters. The predicted molar refractivity (Wildman–Crippen MR) is 151 cm³/mol. The fourth-order valence-corrected chi connectivity index (χ4v) is 5.10. The van der Waals surface area contributed by atoms with Gasteiger partial charge >= 0.3 is 6.18 Å². The van der Waals surface area contributed by atoms with E-state index in [2.05, 4.69) is 10.1 Å². The van der Waals surface area contributed by atoms with Gasteiger partial charge in [0.1, 0.15) is 11.5 Å². The molecule has 4 aromatic rings. The number of anilines is 1. The zero-order chi connectivity index (χ0) is 31.6. The summed E-state index contributed by atoms with van der Waals surface area (Å²) < 4.78 is 64.2. The van der Waals surface area contributed by atoms with Gasteiger partial charge in [-0.05, 0) is 42.8 Å². The highest BCUT2D eigenvalue weighted by Crippen LogP contribution is 2.39. The van der Waals surface area contributed by atoms with Gasteiger partial charge in [0.15, 0.2) is 5.69 Å². The van der Waals surface area contributed by atoms with E-state index >= 15 is 0 Å². The lowest BCUT2D eigenvalue weighted by Crippen LogP contribution is -2.44. The van der Waals surface area contributed by atoms with E-state index in [1.165, 1.54) is 13.0 Å². The second-order valence-corrected chi connectivity index (χ2v) is 10.2. The Hall–Kier alpha value is -4.87. The Labute approximate surface area is 249 Å². The highest BCUT2D eigenvalue weighted by Gasteiger charge is 2.42. The van der Waals surface area contributed by atoms with Crippen molar-refractivity contribution in [3.63, 3.8) is 0 Å². The minimum absolute atomic E-state index is 0.0537. The molecule has 44 heavy (non-hydrogen) atoms. The van der Waals surface area contributed by atoms with Crippen molar-refractivity contribution < 1.29 is 31.9 Å². The molecule has 2 N–H and O–H groups in total. The summed E-state index contributed by atoms with van der Waals surface area (Å²) in [5, 5.41) is 13.1. The molecule has 0 spiro atoms. The van der Waals surface area contributed by atoms with Gasteiger partial charge in [0.05, 0.1) is 53.9 Å². The predicted octanol–water partition coefficient (Wildman–Crippen LogP) is 3.90. The molecular weight excluding hydrogens is 582 g/mol. The maximum absolute atomic E-state index is 14.5. The van der Waals surface area contributed by atoms with E-state index in [0.29, 0.717) is 37.4 Å². The Morgan fingerprint density at radius 3 is 2.45 bits per heavy atom. The van der Waals surface area contributed by atoms with Gasteiger partial charge in [-0.1, -0.05) is 12.1 Å². The first-order valence-corrected chi connectivity index (χ1v) is 13.6. The average molecular weight is 610 g/mol. The van der Waals surface area contributed by atoms with Crippen LogP contribution in [0.3, 0.4) is 0 Å². The fourth-order valence-electron chi connectivity index (χ4n) is 5.10. The van der Waals surface area contributed by atoms with Gasteiger partial charge in [-0.3, -0.25) is 19.2 Å². The van der Waals surface area contributed by atoms with Crippen molar-refractivity contribution >= 4 is 28.4 Å². The average Bonchev–Trinajstić information content (AvgIpc) is 3.33. The van der Waals surface area contributed by atoms with E-state index in [-0.39, 0.29) is 47.5 Å². The molecule has 2 amide bonds. The Balaban J connectivity index is 1.62. The summed E-state index contributed by atoms with van der Waals surface area (Å²) in [5.74, 6) is -2.55. The van der Waals surface area contributed by atoms with Crippen LogP contribution in [0.15, 0.2) is 48.5 Å². The van der Waals surface area contributed by atoms with Crippen LogP contribution in [0.5, 0.6) is 0 Å². The summed E-state index contributed by atoms with van der Waals surface area (Å²) >= 11 is 0. The van der Waals surface area contributed by atoms with Crippen molar-refractivity contribution in [2.75, 3.05) is 44.3 Å². The third-order valence-electron chi connectivity index (χ3n) is 7.37. The summed E-state index contributed by atoms with van der Waals surface area (Å²) in [6.45, 7) is 3.29. The van der Waals surface area contributed by atoms with E-state index in [9.17, 15) is 27.2 Å². The van der Waals surface area contributed by atoms with Gasteiger partial charge < -0.3 is 15.4 Å². The van der Waals surface area contributed by atoms with Gasteiger partial charge in [0.2, 0.25) is 5.91 Å². The number of alkyl halides is 3. The largest absolute Gasteiger partial charge is 0.437 e. The fraction of sp³-hybridized carbons (Fsp3) is 0.300. The molecule has 0 saturated carbocycles. The highest BCUT2D eigenvalue weighted by atomic mass is 19.4. The van der Waals surface area contributed by atoms with E-state index in [0.717, 1.165) is 27.8 Å². The molecule has 5 rings (SSSR count). The molecule has 14 heteroatoms. The molecule has 2 aromatic heterocycles. The Morgan fingerprint density at radius 1 is 1.11 bits per heavy atom. The zero-order valence-corrected chi connectivity index (χ0v) is 23.6. The maximum atomic E-state index is 14.5. The summed E-state index contributed by atoms with van der Waals surface area (Å²) in [5.41, 5.74) is 4.27. The summed E-state index contributed by atoms with van der Waals surface area (Å²) in [7, 11) is 0. The molecule has 0 unspecified atom stereocenters. The summed E-state index contributed by atoms with van der Waals surface area (Å²) in [4.78, 5) is 33.5. The second-order valence-electron chi connectivity index (χ2n) is 10.2. The van der Waals surface area contributed by atoms with Crippen LogP contribution < -0.4 is 10.6 Å². The zero-order valence-electron chi connectivity index (χ0n) is 23.6. The first kappa shape index (κ1) is 30.6.